The van der Waals surface area contributed by atoms with Crippen LogP contribution in [0.4, 0.5) is 0 Å². The lowest BCUT2D eigenvalue weighted by molar-refractivity contribution is 0.193. The first-order chi connectivity index (χ1) is 13.1. The van der Waals surface area contributed by atoms with Gasteiger partial charge in [-0.25, -0.2) is 4.99 Å². The van der Waals surface area contributed by atoms with Gasteiger partial charge in [0.05, 0.1) is 18.0 Å². The second kappa shape index (κ2) is 12.8. The molecule has 158 valence electrons. The molecule has 0 aliphatic carbocycles. The van der Waals surface area contributed by atoms with Gasteiger partial charge in [0.25, 0.3) is 0 Å². The minimum absolute atomic E-state index is 0. The largest absolute Gasteiger partial charge is 0.468 e. The van der Waals surface area contributed by atoms with Crippen molar-refractivity contribution in [3.63, 3.8) is 0 Å². The van der Waals surface area contributed by atoms with E-state index in [1.54, 1.807) is 6.26 Å². The number of furan rings is 1. The molecule has 0 saturated carbocycles. The molecule has 2 aromatic rings. The van der Waals surface area contributed by atoms with Crippen molar-refractivity contribution in [3.8, 4) is 0 Å². The van der Waals surface area contributed by atoms with Crippen LogP contribution in [0.25, 0.3) is 0 Å². The summed E-state index contributed by atoms with van der Waals surface area (Å²) in [6.45, 7) is 14.4. The quantitative estimate of drug-likeness (QED) is 0.288. The van der Waals surface area contributed by atoms with E-state index < -0.39 is 0 Å². The molecule has 0 radical (unpaired) electrons. The summed E-state index contributed by atoms with van der Waals surface area (Å²) in [7, 11) is 0. The van der Waals surface area contributed by atoms with E-state index in [-0.39, 0.29) is 30.0 Å². The molecule has 0 spiro atoms. The van der Waals surface area contributed by atoms with Gasteiger partial charge in [0.15, 0.2) is 11.7 Å². The molecule has 1 atom stereocenters. The number of aliphatic imine (C=N–C) groups is 1. The predicted octanol–water partition coefficient (Wildman–Crippen LogP) is 4.15. The Labute approximate surface area is 185 Å². The Balaban J connectivity index is 0.00000392. The highest BCUT2D eigenvalue weighted by atomic mass is 127. The minimum Gasteiger partial charge on any atom is -0.468 e. The van der Waals surface area contributed by atoms with Gasteiger partial charge >= 0.3 is 0 Å². The molecule has 0 aromatic carbocycles. The Morgan fingerprint density at radius 2 is 1.96 bits per heavy atom. The number of nitrogens with one attached hydrogen (secondary N) is 2. The first-order valence-electron chi connectivity index (χ1n) is 9.84. The molecular weight excluding hydrogens is 469 g/mol. The molecule has 0 fully saturated rings. The van der Waals surface area contributed by atoms with E-state index in [1.165, 1.54) is 0 Å². The number of likely N-dealkylation sites (N-methyl/N-ethyl adjacent to an activating group) is 1. The van der Waals surface area contributed by atoms with Gasteiger partial charge < -0.3 is 19.6 Å². The summed E-state index contributed by atoms with van der Waals surface area (Å²) >= 11 is 0. The fraction of sp³-hybridized carbons (Fsp3) is 0.600. The number of guanidine groups is 1. The number of aromatic nitrogens is 1. The van der Waals surface area contributed by atoms with Crippen molar-refractivity contribution in [2.45, 2.75) is 53.1 Å². The van der Waals surface area contributed by atoms with Crippen LogP contribution in [0.2, 0.25) is 0 Å². The normalized spacial score (nSPS) is 12.9. The standard InChI is InChI=1S/C20H33N5O2.HI/c1-6-21-20(22-13-16-12-17(15(4)5)24-27-16)23-14-18(25(7-2)8-3)19-10-9-11-26-19;/h9-12,15,18H,6-8,13-14H2,1-5H3,(H2,21,22,23);1H. The zero-order chi connectivity index (χ0) is 19.6. The van der Waals surface area contributed by atoms with E-state index in [1.807, 2.05) is 18.2 Å². The third-order valence-electron chi connectivity index (χ3n) is 4.49. The second-order valence-electron chi connectivity index (χ2n) is 6.70. The van der Waals surface area contributed by atoms with Crippen molar-refractivity contribution >= 4 is 29.9 Å². The Morgan fingerprint density at radius 3 is 2.50 bits per heavy atom. The fourth-order valence-electron chi connectivity index (χ4n) is 2.92. The summed E-state index contributed by atoms with van der Waals surface area (Å²) in [4.78, 5) is 6.99. The van der Waals surface area contributed by atoms with E-state index in [4.69, 9.17) is 8.94 Å². The molecule has 7 nitrogen and oxygen atoms in total. The summed E-state index contributed by atoms with van der Waals surface area (Å²) in [5.74, 6) is 2.82. The number of hydrogen-bond acceptors (Lipinski definition) is 5. The zero-order valence-corrected chi connectivity index (χ0v) is 19.9. The van der Waals surface area contributed by atoms with Gasteiger partial charge in [0.1, 0.15) is 12.3 Å². The predicted molar refractivity (Wildman–Crippen MR) is 123 cm³/mol. The van der Waals surface area contributed by atoms with Crippen LogP contribution in [-0.4, -0.2) is 42.2 Å². The van der Waals surface area contributed by atoms with Gasteiger partial charge in [-0.15, -0.1) is 24.0 Å². The summed E-state index contributed by atoms with van der Waals surface area (Å²) in [5, 5.41) is 10.8. The Kier molecular flexibility index (Phi) is 11.2. The van der Waals surface area contributed by atoms with E-state index in [0.717, 1.165) is 42.8 Å². The third kappa shape index (κ3) is 7.12. The maximum absolute atomic E-state index is 5.66. The van der Waals surface area contributed by atoms with Gasteiger partial charge in [-0.05, 0) is 38.1 Å². The van der Waals surface area contributed by atoms with E-state index >= 15 is 0 Å². The number of rotatable bonds is 10. The molecule has 0 amide bonds. The van der Waals surface area contributed by atoms with Gasteiger partial charge in [-0.2, -0.15) is 0 Å². The first kappa shape index (κ1) is 24.5. The Hall–Kier alpha value is -1.55. The summed E-state index contributed by atoms with van der Waals surface area (Å²) in [6, 6.07) is 6.08. The van der Waals surface area contributed by atoms with Crippen LogP contribution in [0, 0.1) is 0 Å². The molecule has 28 heavy (non-hydrogen) atoms. The first-order valence-corrected chi connectivity index (χ1v) is 9.84. The molecule has 1 unspecified atom stereocenters. The van der Waals surface area contributed by atoms with Gasteiger partial charge in [-0.3, -0.25) is 4.90 Å². The number of nitrogens with zero attached hydrogens (tertiary/aromatic N) is 3. The third-order valence-corrected chi connectivity index (χ3v) is 4.49. The smallest absolute Gasteiger partial charge is 0.191 e. The lowest BCUT2D eigenvalue weighted by atomic mass is 10.1. The van der Waals surface area contributed by atoms with Crippen LogP contribution in [0.5, 0.6) is 0 Å². The SMILES string of the molecule is CCNC(=NCc1cc(C(C)C)no1)NCC(c1ccco1)N(CC)CC.I. The van der Waals surface area contributed by atoms with Gasteiger partial charge in [0.2, 0.25) is 0 Å². The Bertz CT molecular complexity index is 681. The van der Waals surface area contributed by atoms with Gasteiger partial charge in [0, 0.05) is 19.2 Å². The lowest BCUT2D eigenvalue weighted by Crippen LogP contribution is -2.43. The molecule has 0 aliphatic heterocycles. The monoisotopic (exact) mass is 503 g/mol. The molecule has 0 saturated heterocycles. The van der Waals surface area contributed by atoms with Crippen molar-refractivity contribution in [1.29, 1.82) is 0 Å². The highest BCUT2D eigenvalue weighted by Gasteiger charge is 2.20. The van der Waals surface area contributed by atoms with Crippen molar-refractivity contribution in [2.24, 2.45) is 4.99 Å². The lowest BCUT2D eigenvalue weighted by Gasteiger charge is -2.28. The summed E-state index contributed by atoms with van der Waals surface area (Å²) in [5.41, 5.74) is 0.956. The maximum Gasteiger partial charge on any atom is 0.191 e. The zero-order valence-electron chi connectivity index (χ0n) is 17.6. The molecule has 0 aliphatic rings. The highest BCUT2D eigenvalue weighted by molar-refractivity contribution is 14.0. The molecule has 8 heteroatoms. The fourth-order valence-corrected chi connectivity index (χ4v) is 2.92. The van der Waals surface area contributed by atoms with Crippen molar-refractivity contribution in [3.05, 3.63) is 41.7 Å². The molecule has 0 bridgehead atoms. The highest BCUT2D eigenvalue weighted by Crippen LogP contribution is 2.20. The molecule has 2 rings (SSSR count). The molecule has 2 N–H and O–H groups in total. The van der Waals surface area contributed by atoms with Crippen LogP contribution in [0.15, 0.2) is 38.4 Å². The molecule has 2 heterocycles. The average molecular weight is 503 g/mol. The van der Waals surface area contributed by atoms with Crippen LogP contribution in [0.1, 0.15) is 63.8 Å². The van der Waals surface area contributed by atoms with Crippen molar-refractivity contribution < 1.29 is 8.94 Å². The maximum atomic E-state index is 5.66. The van der Waals surface area contributed by atoms with Crippen molar-refractivity contribution in [2.75, 3.05) is 26.2 Å². The average Bonchev–Trinajstić information content (AvgIpc) is 3.35. The van der Waals surface area contributed by atoms with Crippen molar-refractivity contribution in [1.82, 2.24) is 20.7 Å². The Morgan fingerprint density at radius 1 is 1.21 bits per heavy atom. The molecular formula is C20H34IN5O2. The van der Waals surface area contributed by atoms with E-state index in [9.17, 15) is 0 Å². The van der Waals surface area contributed by atoms with Crippen LogP contribution in [0.3, 0.4) is 0 Å². The van der Waals surface area contributed by atoms with Crippen LogP contribution >= 0.6 is 24.0 Å². The second-order valence-corrected chi connectivity index (χ2v) is 6.70. The number of hydrogen-bond donors (Lipinski definition) is 2. The van der Waals surface area contributed by atoms with Crippen LogP contribution in [-0.2, 0) is 6.54 Å². The van der Waals surface area contributed by atoms with E-state index in [2.05, 4.69) is 60.3 Å². The summed E-state index contributed by atoms with van der Waals surface area (Å²) < 4.78 is 11.0. The van der Waals surface area contributed by atoms with Gasteiger partial charge in [-0.1, -0.05) is 32.9 Å². The summed E-state index contributed by atoms with van der Waals surface area (Å²) in [6.07, 6.45) is 1.72. The minimum atomic E-state index is 0. The molecule has 2 aromatic heterocycles. The van der Waals surface area contributed by atoms with E-state index in [0.29, 0.717) is 19.0 Å². The van der Waals surface area contributed by atoms with Crippen LogP contribution < -0.4 is 10.6 Å². The number of halogens is 1. The topological polar surface area (TPSA) is 78.8 Å².